The van der Waals surface area contributed by atoms with Crippen molar-refractivity contribution in [1.29, 1.82) is 0 Å². The van der Waals surface area contributed by atoms with Crippen LogP contribution in [0.2, 0.25) is 0 Å². The van der Waals surface area contributed by atoms with Gasteiger partial charge >= 0.3 is 0 Å². The van der Waals surface area contributed by atoms with Crippen molar-refractivity contribution in [2.75, 3.05) is 9.80 Å². The number of allylic oxidation sites excluding steroid dienone is 5. The largest absolute Gasteiger partial charge is 0.310 e. The Labute approximate surface area is 389 Å². The molecule has 0 N–H and O–H groups in total. The van der Waals surface area contributed by atoms with Crippen LogP contribution in [-0.2, 0) is 5.41 Å². The third-order valence-electron chi connectivity index (χ3n) is 14.0. The average molecular weight is 849 g/mol. The van der Waals surface area contributed by atoms with E-state index in [0.717, 1.165) is 28.4 Å². The van der Waals surface area contributed by atoms with Gasteiger partial charge in [-0.05, 0) is 148 Å². The maximum absolute atomic E-state index is 4.11. The minimum Gasteiger partial charge on any atom is -0.310 e. The van der Waals surface area contributed by atoms with Crippen molar-refractivity contribution in [1.82, 2.24) is 0 Å². The smallest absolute Gasteiger partial charge is 0.0540 e. The summed E-state index contributed by atoms with van der Waals surface area (Å²) in [6.45, 7) is 6.32. The lowest BCUT2D eigenvalue weighted by Crippen LogP contribution is -2.21. The van der Waals surface area contributed by atoms with Crippen molar-refractivity contribution in [3.8, 4) is 33.4 Å². The van der Waals surface area contributed by atoms with Gasteiger partial charge in [0.05, 0.1) is 5.69 Å². The van der Waals surface area contributed by atoms with Crippen LogP contribution in [0.3, 0.4) is 0 Å². The standard InChI is InChI=1S/C64H52N2/c1-3-16-59-60-42-41-57(45-62(60)64(61(59)4-2)43-13-14-44-64)65(53-33-25-48(26-34-53)46-17-7-5-8-18-46)54-35-27-50(28-36-54)51-31-39-56(40-32-51)66(63-24-15-22-52-21-11-12-23-58(52)63)55-37-29-49(30-38-55)47-19-9-6-10-20-47/h3-12,15-42,45H,1,13-14,43-44H2,2H3/b59-16?,61-4+. The van der Waals surface area contributed by atoms with Crippen LogP contribution in [0.1, 0.15) is 43.7 Å². The summed E-state index contributed by atoms with van der Waals surface area (Å²) in [4.78, 5) is 4.81. The molecule has 0 aromatic heterocycles. The Morgan fingerprint density at radius 3 is 1.38 bits per heavy atom. The van der Waals surface area contributed by atoms with Gasteiger partial charge in [0.15, 0.2) is 0 Å². The molecule has 9 aromatic carbocycles. The zero-order valence-corrected chi connectivity index (χ0v) is 37.4. The second-order valence-corrected chi connectivity index (χ2v) is 17.6. The molecule has 1 spiro atoms. The van der Waals surface area contributed by atoms with Crippen LogP contribution in [0.5, 0.6) is 0 Å². The minimum atomic E-state index is 0.0442. The Bertz CT molecular complexity index is 3220. The summed E-state index contributed by atoms with van der Waals surface area (Å²) >= 11 is 0. The Balaban J connectivity index is 0.960. The molecule has 0 atom stereocenters. The summed E-state index contributed by atoms with van der Waals surface area (Å²) in [5, 5.41) is 2.43. The van der Waals surface area contributed by atoms with E-state index in [0.29, 0.717) is 0 Å². The van der Waals surface area contributed by atoms with Crippen LogP contribution in [0.4, 0.5) is 34.1 Å². The van der Waals surface area contributed by atoms with Gasteiger partial charge in [-0.1, -0.05) is 189 Å². The van der Waals surface area contributed by atoms with Gasteiger partial charge in [0.1, 0.15) is 0 Å². The van der Waals surface area contributed by atoms with Crippen molar-refractivity contribution in [2.45, 2.75) is 38.0 Å². The number of anilines is 6. The van der Waals surface area contributed by atoms with Gasteiger partial charge in [0.25, 0.3) is 0 Å². The van der Waals surface area contributed by atoms with Crippen LogP contribution < -0.4 is 9.80 Å². The Morgan fingerprint density at radius 1 is 0.439 bits per heavy atom. The lowest BCUT2D eigenvalue weighted by atomic mass is 9.76. The van der Waals surface area contributed by atoms with E-state index in [9.17, 15) is 0 Å². The number of fused-ring (bicyclic) bond motifs is 3. The Kier molecular flexibility index (Phi) is 10.9. The van der Waals surface area contributed by atoms with Gasteiger partial charge in [0.2, 0.25) is 0 Å². The van der Waals surface area contributed by atoms with Crippen molar-refractivity contribution < 1.29 is 0 Å². The Morgan fingerprint density at radius 2 is 0.879 bits per heavy atom. The molecule has 0 amide bonds. The van der Waals surface area contributed by atoms with Crippen LogP contribution in [0.25, 0.3) is 49.7 Å². The minimum absolute atomic E-state index is 0.0442. The first kappa shape index (κ1) is 40.8. The number of hydrogen-bond acceptors (Lipinski definition) is 2. The summed E-state index contributed by atoms with van der Waals surface area (Å²) in [7, 11) is 0. The summed E-state index contributed by atoms with van der Waals surface area (Å²) in [5.41, 5.74) is 19.6. The predicted molar refractivity (Wildman–Crippen MR) is 282 cm³/mol. The molecule has 2 heteroatoms. The van der Waals surface area contributed by atoms with E-state index < -0.39 is 0 Å². The van der Waals surface area contributed by atoms with Gasteiger partial charge in [-0.15, -0.1) is 0 Å². The molecule has 9 aromatic rings. The maximum Gasteiger partial charge on any atom is 0.0540 e. The summed E-state index contributed by atoms with van der Waals surface area (Å²) in [6, 6.07) is 79.7. The lowest BCUT2D eigenvalue weighted by Gasteiger charge is -2.30. The van der Waals surface area contributed by atoms with E-state index in [1.807, 2.05) is 6.08 Å². The zero-order chi connectivity index (χ0) is 44.5. The lowest BCUT2D eigenvalue weighted by molar-refractivity contribution is 0.549. The predicted octanol–water partition coefficient (Wildman–Crippen LogP) is 18.1. The van der Waals surface area contributed by atoms with E-state index in [1.54, 1.807) is 0 Å². The molecule has 0 unspecified atom stereocenters. The molecule has 0 saturated heterocycles. The van der Waals surface area contributed by atoms with Crippen LogP contribution in [-0.4, -0.2) is 0 Å². The topological polar surface area (TPSA) is 6.48 Å². The van der Waals surface area contributed by atoms with Gasteiger partial charge in [-0.3, -0.25) is 0 Å². The summed E-state index contributed by atoms with van der Waals surface area (Å²) in [5.74, 6) is 0. The van der Waals surface area contributed by atoms with Gasteiger partial charge in [0, 0.05) is 39.2 Å². The first-order valence-corrected chi connectivity index (χ1v) is 23.4. The van der Waals surface area contributed by atoms with E-state index in [2.05, 4.69) is 254 Å². The molecule has 0 bridgehead atoms. The highest BCUT2D eigenvalue weighted by Gasteiger charge is 2.47. The van der Waals surface area contributed by atoms with Crippen LogP contribution >= 0.6 is 0 Å². The first-order valence-electron chi connectivity index (χ1n) is 23.4. The molecule has 0 aliphatic heterocycles. The molecular formula is C64H52N2. The van der Waals surface area contributed by atoms with Gasteiger partial charge in [-0.25, -0.2) is 0 Å². The SMILES string of the molecule is C=CC=C1/C(=C\C)C2(CCCC2)c2cc(N(c3ccc(-c4ccccc4)cc3)c3ccc(-c4ccc(N(c5ccc(-c6ccccc6)cc5)c5cccc6ccccc56)cc4)cc3)ccc21. The van der Waals surface area contributed by atoms with Crippen molar-refractivity contribution in [3.63, 3.8) is 0 Å². The quantitative estimate of drug-likeness (QED) is 0.135. The monoisotopic (exact) mass is 848 g/mol. The van der Waals surface area contributed by atoms with Crippen molar-refractivity contribution >= 4 is 50.5 Å². The van der Waals surface area contributed by atoms with E-state index >= 15 is 0 Å². The fourth-order valence-electron chi connectivity index (χ4n) is 10.8. The molecule has 2 aliphatic rings. The highest BCUT2D eigenvalue weighted by Crippen LogP contribution is 2.59. The molecule has 2 aliphatic carbocycles. The maximum atomic E-state index is 4.11. The van der Waals surface area contributed by atoms with E-state index in [4.69, 9.17) is 0 Å². The van der Waals surface area contributed by atoms with Crippen molar-refractivity contribution in [3.05, 3.63) is 260 Å². The fraction of sp³-hybridized carbons (Fsp3) is 0.0938. The number of nitrogens with zero attached hydrogens (tertiary/aromatic N) is 2. The molecule has 318 valence electrons. The fourth-order valence-corrected chi connectivity index (χ4v) is 10.8. The average Bonchev–Trinajstić information content (AvgIpc) is 3.98. The zero-order valence-electron chi connectivity index (χ0n) is 37.4. The van der Waals surface area contributed by atoms with Crippen LogP contribution in [0, 0.1) is 0 Å². The molecule has 0 radical (unpaired) electrons. The molecule has 0 heterocycles. The summed E-state index contributed by atoms with van der Waals surface area (Å²) in [6.07, 6.45) is 11.4. The second kappa shape index (κ2) is 17.6. The normalized spacial score (nSPS) is 15.0. The second-order valence-electron chi connectivity index (χ2n) is 17.6. The van der Waals surface area contributed by atoms with Crippen molar-refractivity contribution in [2.24, 2.45) is 0 Å². The molecule has 2 nitrogen and oxygen atoms in total. The van der Waals surface area contributed by atoms with E-state index in [-0.39, 0.29) is 5.41 Å². The third-order valence-corrected chi connectivity index (χ3v) is 14.0. The number of rotatable bonds is 10. The molecule has 1 fully saturated rings. The first-order chi connectivity index (χ1) is 32.6. The third kappa shape index (κ3) is 7.35. The number of hydrogen-bond donors (Lipinski definition) is 0. The highest BCUT2D eigenvalue weighted by atomic mass is 15.1. The molecule has 11 rings (SSSR count). The van der Waals surface area contributed by atoms with Gasteiger partial charge in [-0.2, -0.15) is 0 Å². The van der Waals surface area contributed by atoms with E-state index in [1.165, 1.54) is 97.8 Å². The van der Waals surface area contributed by atoms with Crippen LogP contribution in [0.15, 0.2) is 249 Å². The molecule has 66 heavy (non-hydrogen) atoms. The Hall–Kier alpha value is -7.94. The highest BCUT2D eigenvalue weighted by molar-refractivity contribution is 5.99. The van der Waals surface area contributed by atoms with Gasteiger partial charge < -0.3 is 9.80 Å². The molecule has 1 saturated carbocycles. The molecular weight excluding hydrogens is 797 g/mol. The number of benzene rings is 9. The summed E-state index contributed by atoms with van der Waals surface area (Å²) < 4.78 is 0.